The van der Waals surface area contributed by atoms with Gasteiger partial charge in [0.25, 0.3) is 0 Å². The molecular weight excluding hydrogens is 172 g/mol. The number of rotatable bonds is 0. The normalized spacial score (nSPS) is 20.2. The van der Waals surface area contributed by atoms with Gasteiger partial charge in [0.2, 0.25) is 0 Å². The number of hydrogen-bond donors (Lipinski definition) is 0. The van der Waals surface area contributed by atoms with E-state index in [1.165, 1.54) is 5.56 Å². The van der Waals surface area contributed by atoms with Crippen LogP contribution in [0.2, 0.25) is 0 Å². The second-order valence-corrected chi connectivity index (χ2v) is 3.23. The molecule has 1 atom stereocenters. The molecule has 2 heteroatoms. The fourth-order valence-electron chi connectivity index (χ4n) is 1.48. The Balaban J connectivity index is 0.000000720. The Morgan fingerprint density at radius 1 is 1.33 bits per heavy atom. The summed E-state index contributed by atoms with van der Waals surface area (Å²) in [5.74, 6) is 1.75. The van der Waals surface area contributed by atoms with Gasteiger partial charge in [0.05, 0.1) is 6.61 Å². The van der Waals surface area contributed by atoms with Crippen LogP contribution < -0.4 is 4.74 Å². The maximum Gasteiger partial charge on any atom is 0.122 e. The third-order valence-electron chi connectivity index (χ3n) is 2.06. The number of benzene rings is 1. The molecule has 0 spiro atoms. The number of fused-ring (bicyclic) bond motifs is 1. The van der Waals surface area contributed by atoms with E-state index in [0.29, 0.717) is 5.92 Å². The largest absolute Gasteiger partial charge is 0.493 e. The summed E-state index contributed by atoms with van der Waals surface area (Å²) < 4.78 is 5.54. The van der Waals surface area contributed by atoms with Crippen LogP contribution in [0.25, 0.3) is 0 Å². The fraction of sp³-hybridized carbons (Fsp3) is 0.400. The second kappa shape index (κ2) is 3.81. The predicted octanol–water partition coefficient (Wildman–Crippen LogP) is 2.68. The van der Waals surface area contributed by atoms with Crippen LogP contribution in [0.3, 0.4) is 0 Å². The van der Waals surface area contributed by atoms with Crippen molar-refractivity contribution in [2.24, 2.45) is 5.92 Å². The van der Waals surface area contributed by atoms with Crippen LogP contribution in [0.15, 0.2) is 24.3 Å². The Labute approximate surface area is 79.2 Å². The minimum atomic E-state index is 0. The van der Waals surface area contributed by atoms with Crippen molar-refractivity contribution in [1.29, 1.82) is 0 Å². The van der Waals surface area contributed by atoms with E-state index in [9.17, 15) is 0 Å². The molecule has 2 rings (SSSR count). The minimum absolute atomic E-state index is 0. The van der Waals surface area contributed by atoms with Crippen molar-refractivity contribution in [2.45, 2.75) is 13.3 Å². The van der Waals surface area contributed by atoms with Gasteiger partial charge in [0.15, 0.2) is 0 Å². The van der Waals surface area contributed by atoms with Gasteiger partial charge in [-0.05, 0) is 24.0 Å². The lowest BCUT2D eigenvalue weighted by Gasteiger charge is -2.21. The van der Waals surface area contributed by atoms with Crippen molar-refractivity contribution in [3.63, 3.8) is 0 Å². The van der Waals surface area contributed by atoms with Crippen LogP contribution >= 0.6 is 12.4 Å². The summed E-state index contributed by atoms with van der Waals surface area (Å²) in [6.45, 7) is 3.09. The zero-order valence-electron chi connectivity index (χ0n) is 7.12. The number of hydrogen-bond acceptors (Lipinski definition) is 1. The van der Waals surface area contributed by atoms with Gasteiger partial charge in [0.1, 0.15) is 5.75 Å². The molecule has 1 nitrogen and oxygen atoms in total. The van der Waals surface area contributed by atoms with Gasteiger partial charge < -0.3 is 4.74 Å². The van der Waals surface area contributed by atoms with Crippen molar-refractivity contribution in [3.8, 4) is 5.75 Å². The fourth-order valence-corrected chi connectivity index (χ4v) is 1.48. The van der Waals surface area contributed by atoms with E-state index >= 15 is 0 Å². The summed E-state index contributed by atoms with van der Waals surface area (Å²) in [7, 11) is 0. The SMILES string of the molecule is C[C@@H]1COc2ccccc2C1.Cl. The molecule has 1 aliphatic rings. The molecule has 1 aromatic carbocycles. The third kappa shape index (κ3) is 1.72. The topological polar surface area (TPSA) is 9.23 Å². The molecule has 0 fully saturated rings. The molecule has 1 aromatic rings. The molecule has 1 aliphatic heterocycles. The van der Waals surface area contributed by atoms with Crippen LogP contribution in [0, 0.1) is 5.92 Å². The smallest absolute Gasteiger partial charge is 0.122 e. The van der Waals surface area contributed by atoms with E-state index in [0.717, 1.165) is 18.8 Å². The van der Waals surface area contributed by atoms with Crippen LogP contribution in [0.1, 0.15) is 12.5 Å². The second-order valence-electron chi connectivity index (χ2n) is 3.23. The highest BCUT2D eigenvalue weighted by Gasteiger charge is 2.14. The molecule has 66 valence electrons. The summed E-state index contributed by atoms with van der Waals surface area (Å²) >= 11 is 0. The van der Waals surface area contributed by atoms with Crippen LogP contribution in [-0.2, 0) is 6.42 Å². The van der Waals surface area contributed by atoms with E-state index in [2.05, 4.69) is 19.1 Å². The molecule has 0 bridgehead atoms. The lowest BCUT2D eigenvalue weighted by molar-refractivity contribution is 0.234. The van der Waals surface area contributed by atoms with Crippen LogP contribution in [0.5, 0.6) is 5.75 Å². The average molecular weight is 185 g/mol. The molecule has 0 aromatic heterocycles. The van der Waals surface area contributed by atoms with Crippen molar-refractivity contribution in [3.05, 3.63) is 29.8 Å². The highest BCUT2D eigenvalue weighted by Crippen LogP contribution is 2.25. The first-order valence-corrected chi connectivity index (χ1v) is 4.07. The lowest BCUT2D eigenvalue weighted by atomic mass is 9.99. The third-order valence-corrected chi connectivity index (χ3v) is 2.06. The molecule has 0 aliphatic carbocycles. The molecule has 0 amide bonds. The zero-order valence-corrected chi connectivity index (χ0v) is 7.93. The summed E-state index contributed by atoms with van der Waals surface area (Å²) in [5, 5.41) is 0. The number of para-hydroxylation sites is 1. The van der Waals surface area contributed by atoms with Gasteiger partial charge in [-0.25, -0.2) is 0 Å². The first-order chi connectivity index (χ1) is 5.36. The molecule has 0 unspecified atom stereocenters. The van der Waals surface area contributed by atoms with Crippen LogP contribution in [0.4, 0.5) is 0 Å². The molecular formula is C10H13ClO. The van der Waals surface area contributed by atoms with Gasteiger partial charge in [-0.1, -0.05) is 25.1 Å². The summed E-state index contributed by atoms with van der Waals surface area (Å²) in [6.07, 6.45) is 1.16. The van der Waals surface area contributed by atoms with Crippen molar-refractivity contribution in [2.75, 3.05) is 6.61 Å². The highest BCUT2D eigenvalue weighted by molar-refractivity contribution is 5.85. The summed E-state index contributed by atoms with van der Waals surface area (Å²) in [5.41, 5.74) is 1.35. The first kappa shape index (κ1) is 9.40. The Morgan fingerprint density at radius 2 is 2.08 bits per heavy atom. The predicted molar refractivity (Wildman–Crippen MR) is 52.1 cm³/mol. The van der Waals surface area contributed by atoms with E-state index in [1.54, 1.807) is 0 Å². The highest BCUT2D eigenvalue weighted by atomic mass is 35.5. The van der Waals surface area contributed by atoms with Gasteiger partial charge >= 0.3 is 0 Å². The van der Waals surface area contributed by atoms with Crippen molar-refractivity contribution in [1.82, 2.24) is 0 Å². The minimum Gasteiger partial charge on any atom is -0.493 e. The maximum absolute atomic E-state index is 5.54. The average Bonchev–Trinajstić information content (AvgIpc) is 2.04. The summed E-state index contributed by atoms with van der Waals surface area (Å²) in [6, 6.07) is 8.28. The van der Waals surface area contributed by atoms with Gasteiger partial charge in [-0.3, -0.25) is 0 Å². The molecule has 0 N–H and O–H groups in total. The van der Waals surface area contributed by atoms with Crippen LogP contribution in [-0.4, -0.2) is 6.61 Å². The Hall–Kier alpha value is -0.690. The number of ether oxygens (including phenoxy) is 1. The molecule has 12 heavy (non-hydrogen) atoms. The van der Waals surface area contributed by atoms with E-state index in [4.69, 9.17) is 4.74 Å². The quantitative estimate of drug-likeness (QED) is 0.603. The van der Waals surface area contributed by atoms with E-state index in [1.807, 2.05) is 12.1 Å². The standard InChI is InChI=1S/C10H12O.ClH/c1-8-6-9-4-2-3-5-10(9)11-7-8;/h2-5,8H,6-7H2,1H3;1H/t8-;/m0./s1. The Morgan fingerprint density at radius 3 is 2.92 bits per heavy atom. The Kier molecular flexibility index (Phi) is 2.99. The maximum atomic E-state index is 5.54. The van der Waals surface area contributed by atoms with Gasteiger partial charge in [-0.15, -0.1) is 12.4 Å². The van der Waals surface area contributed by atoms with Gasteiger partial charge in [-0.2, -0.15) is 0 Å². The van der Waals surface area contributed by atoms with E-state index in [-0.39, 0.29) is 12.4 Å². The molecule has 0 saturated carbocycles. The summed E-state index contributed by atoms with van der Waals surface area (Å²) in [4.78, 5) is 0. The number of halogens is 1. The van der Waals surface area contributed by atoms with Crippen molar-refractivity contribution < 1.29 is 4.74 Å². The zero-order chi connectivity index (χ0) is 7.68. The molecule has 0 radical (unpaired) electrons. The lowest BCUT2D eigenvalue weighted by Crippen LogP contribution is -2.17. The monoisotopic (exact) mass is 184 g/mol. The Bertz CT molecular complexity index is 260. The van der Waals surface area contributed by atoms with E-state index < -0.39 is 0 Å². The molecule has 1 heterocycles. The first-order valence-electron chi connectivity index (χ1n) is 4.07. The van der Waals surface area contributed by atoms with Crippen molar-refractivity contribution >= 4 is 12.4 Å². The molecule has 0 saturated heterocycles. The van der Waals surface area contributed by atoms with Gasteiger partial charge in [0, 0.05) is 0 Å².